The highest BCUT2D eigenvalue weighted by atomic mass is 17.9. The summed E-state index contributed by atoms with van der Waals surface area (Å²) in [5.74, 6) is 0. The van der Waals surface area contributed by atoms with Gasteiger partial charge in [0.2, 0.25) is 0 Å². The van der Waals surface area contributed by atoms with Crippen LogP contribution in [-0.4, -0.2) is 11.9 Å². The zero-order valence-electron chi connectivity index (χ0n) is 17.4. The van der Waals surface area contributed by atoms with E-state index in [0.717, 1.165) is 12.8 Å². The van der Waals surface area contributed by atoms with Gasteiger partial charge in [0.15, 0.2) is 0 Å². The zero-order chi connectivity index (χ0) is 20.4. The molecule has 1 N–H and O–H groups in total. The summed E-state index contributed by atoms with van der Waals surface area (Å²) in [4.78, 5) is 4.66. The molecule has 0 saturated heterocycles. The lowest BCUT2D eigenvalue weighted by atomic mass is 10.0. The van der Waals surface area contributed by atoms with Gasteiger partial charge in [-0.3, -0.25) is 0 Å². The molecule has 28 heavy (non-hydrogen) atoms. The van der Waals surface area contributed by atoms with Gasteiger partial charge < -0.3 is 0 Å². The van der Waals surface area contributed by atoms with Gasteiger partial charge in [-0.2, -0.15) is 0 Å². The first-order chi connectivity index (χ1) is 13.9. The van der Waals surface area contributed by atoms with E-state index in [9.17, 15) is 0 Å². The molecule has 0 amide bonds. The maximum Gasteiger partial charge on any atom is 0.0855 e. The molecular weight excluding hydrogens is 372 g/mol. The molecular formula is C19H40O9. The van der Waals surface area contributed by atoms with E-state index in [1.54, 1.807) is 0 Å². The van der Waals surface area contributed by atoms with Crippen molar-refractivity contribution in [3.8, 4) is 0 Å². The molecule has 0 saturated carbocycles. The fourth-order valence-electron chi connectivity index (χ4n) is 3.00. The van der Waals surface area contributed by atoms with Crippen molar-refractivity contribution in [1.29, 1.82) is 0 Å². The van der Waals surface area contributed by atoms with E-state index in [0.29, 0.717) is 6.61 Å². The van der Waals surface area contributed by atoms with Gasteiger partial charge in [0.25, 0.3) is 0 Å². The summed E-state index contributed by atoms with van der Waals surface area (Å²) in [6.45, 7) is 2.64. The number of hydrogen-bond acceptors (Lipinski definition) is 9. The molecule has 0 bridgehead atoms. The van der Waals surface area contributed by atoms with Crippen molar-refractivity contribution in [3.63, 3.8) is 0 Å². The molecule has 0 aromatic rings. The Labute approximate surface area is 168 Å². The Balaban J connectivity index is 2.96. The lowest BCUT2D eigenvalue weighted by Crippen LogP contribution is -2.02. The molecule has 0 heterocycles. The second-order valence-electron chi connectivity index (χ2n) is 6.96. The molecule has 0 aliphatic carbocycles. The lowest BCUT2D eigenvalue weighted by Gasteiger charge is -2.04. The third-order valence-corrected chi connectivity index (χ3v) is 4.55. The van der Waals surface area contributed by atoms with Crippen LogP contribution in [-0.2, 0) is 40.2 Å². The number of rotatable bonds is 25. The standard InChI is InChI=1S/C19H40O9/c1-2-3-4-5-6-7-8-9-10-11-12-13-14-15-16-17-18-19-21-23-25-27-28-26-24-22-20/h20H,2-19H2,1H3. The van der Waals surface area contributed by atoms with Gasteiger partial charge in [-0.05, 0) is 41.7 Å². The molecule has 0 aromatic heterocycles. The van der Waals surface area contributed by atoms with Gasteiger partial charge in [0.1, 0.15) is 0 Å². The summed E-state index contributed by atoms with van der Waals surface area (Å²) in [6.07, 6.45) is 22.5. The quantitative estimate of drug-likeness (QED) is 0.100. The highest BCUT2D eigenvalue weighted by Gasteiger charge is 1.97. The molecule has 0 aromatic carbocycles. The molecule has 0 atom stereocenters. The van der Waals surface area contributed by atoms with E-state index in [1.807, 2.05) is 0 Å². The maximum absolute atomic E-state index is 7.66. The first-order valence-electron chi connectivity index (χ1n) is 10.8. The third-order valence-electron chi connectivity index (χ3n) is 4.55. The smallest absolute Gasteiger partial charge is 0.0855 e. The summed E-state index contributed by atoms with van der Waals surface area (Å²) < 4.78 is 0. The van der Waals surface area contributed by atoms with E-state index in [4.69, 9.17) is 5.26 Å². The van der Waals surface area contributed by atoms with E-state index in [2.05, 4.69) is 47.1 Å². The topological polar surface area (TPSA) is 94.1 Å². The average Bonchev–Trinajstić information content (AvgIpc) is 2.71. The SMILES string of the molecule is CCCCCCCCCCCCCCCCCCCOOOOOOOOO. The van der Waals surface area contributed by atoms with Gasteiger partial charge >= 0.3 is 0 Å². The first-order valence-corrected chi connectivity index (χ1v) is 10.8. The van der Waals surface area contributed by atoms with E-state index in [-0.39, 0.29) is 0 Å². The van der Waals surface area contributed by atoms with Crippen molar-refractivity contribution in [2.45, 2.75) is 116 Å². The van der Waals surface area contributed by atoms with Crippen LogP contribution >= 0.6 is 0 Å². The summed E-state index contributed by atoms with van der Waals surface area (Å²) in [7, 11) is 0. The van der Waals surface area contributed by atoms with Crippen molar-refractivity contribution in [3.05, 3.63) is 0 Å². The summed E-state index contributed by atoms with van der Waals surface area (Å²) in [6, 6.07) is 0. The van der Waals surface area contributed by atoms with Crippen LogP contribution in [0.15, 0.2) is 0 Å². The minimum absolute atomic E-state index is 0.374. The summed E-state index contributed by atoms with van der Waals surface area (Å²) in [5, 5.41) is 33.2. The van der Waals surface area contributed by atoms with Gasteiger partial charge in [0.05, 0.1) is 6.61 Å². The van der Waals surface area contributed by atoms with Crippen LogP contribution in [0.1, 0.15) is 116 Å². The fourth-order valence-corrected chi connectivity index (χ4v) is 3.00. The van der Waals surface area contributed by atoms with Crippen LogP contribution in [0.4, 0.5) is 0 Å². The van der Waals surface area contributed by atoms with Gasteiger partial charge in [-0.25, -0.2) is 10.1 Å². The summed E-state index contributed by atoms with van der Waals surface area (Å²) in [5.41, 5.74) is 0. The second kappa shape index (κ2) is 26.6. The second-order valence-corrected chi connectivity index (χ2v) is 6.96. The Hall–Kier alpha value is -0.360. The van der Waals surface area contributed by atoms with Crippen LogP contribution in [0, 0.1) is 0 Å². The first kappa shape index (κ1) is 27.6. The Morgan fingerprint density at radius 2 is 0.786 bits per heavy atom. The zero-order valence-corrected chi connectivity index (χ0v) is 17.4. The van der Waals surface area contributed by atoms with Crippen LogP contribution in [0.3, 0.4) is 0 Å². The lowest BCUT2D eigenvalue weighted by molar-refractivity contribution is -0.830. The third kappa shape index (κ3) is 25.6. The Morgan fingerprint density at radius 3 is 1.21 bits per heavy atom. The van der Waals surface area contributed by atoms with Gasteiger partial charge in [-0.1, -0.05) is 110 Å². The largest absolute Gasteiger partial charge is 0.219 e. The maximum atomic E-state index is 7.66. The highest BCUT2D eigenvalue weighted by Crippen LogP contribution is 2.14. The van der Waals surface area contributed by atoms with Gasteiger partial charge in [-0.15, -0.1) is 0 Å². The number of unbranched alkanes of at least 4 members (excludes halogenated alkanes) is 16. The molecule has 0 unspecified atom stereocenters. The van der Waals surface area contributed by atoms with Crippen LogP contribution in [0.5, 0.6) is 0 Å². The Bertz CT molecular complexity index is 244. The predicted molar refractivity (Wildman–Crippen MR) is 100 cm³/mol. The van der Waals surface area contributed by atoms with E-state index < -0.39 is 0 Å². The molecule has 9 heteroatoms. The molecule has 0 rings (SSSR count). The van der Waals surface area contributed by atoms with Crippen LogP contribution in [0.2, 0.25) is 0 Å². The van der Waals surface area contributed by atoms with Crippen molar-refractivity contribution < 1.29 is 45.4 Å². The normalized spacial score (nSPS) is 11.4. The fraction of sp³-hybridized carbons (Fsp3) is 1.00. The Morgan fingerprint density at radius 1 is 0.429 bits per heavy atom. The van der Waals surface area contributed by atoms with Crippen LogP contribution < -0.4 is 0 Å². The molecule has 0 radical (unpaired) electrons. The molecule has 9 nitrogen and oxygen atoms in total. The predicted octanol–water partition coefficient (Wildman–Crippen LogP) is 6.65. The molecule has 170 valence electrons. The minimum Gasteiger partial charge on any atom is -0.219 e. The average molecular weight is 413 g/mol. The van der Waals surface area contributed by atoms with Crippen LogP contribution in [0.25, 0.3) is 0 Å². The van der Waals surface area contributed by atoms with Crippen molar-refractivity contribution in [1.82, 2.24) is 0 Å². The van der Waals surface area contributed by atoms with Gasteiger partial charge in [0, 0.05) is 0 Å². The van der Waals surface area contributed by atoms with Crippen molar-refractivity contribution >= 4 is 0 Å². The number of hydrogen-bond donors (Lipinski definition) is 1. The monoisotopic (exact) mass is 412 g/mol. The molecule has 0 aliphatic heterocycles. The summed E-state index contributed by atoms with van der Waals surface area (Å²) >= 11 is 0. The van der Waals surface area contributed by atoms with E-state index in [1.165, 1.54) is 96.3 Å². The van der Waals surface area contributed by atoms with Crippen molar-refractivity contribution in [2.24, 2.45) is 0 Å². The molecule has 0 fully saturated rings. The molecule has 0 aliphatic rings. The van der Waals surface area contributed by atoms with E-state index >= 15 is 0 Å². The Kier molecular flexibility index (Phi) is 26.3. The molecule has 0 spiro atoms. The minimum atomic E-state index is 0.374. The highest BCUT2D eigenvalue weighted by molar-refractivity contribution is 4.50. The van der Waals surface area contributed by atoms with Crippen molar-refractivity contribution in [2.75, 3.05) is 6.61 Å².